The molecule has 1 aromatic carbocycles. The topological polar surface area (TPSA) is 73.9 Å². The number of nitrogens with zero attached hydrogens (tertiary/aromatic N) is 3. The first-order valence-electron chi connectivity index (χ1n) is 4.81. The van der Waals surface area contributed by atoms with Crippen molar-refractivity contribution in [2.24, 2.45) is 0 Å². The zero-order valence-corrected chi connectivity index (χ0v) is 9.14. The van der Waals surface area contributed by atoms with Crippen molar-refractivity contribution in [1.82, 2.24) is 15.0 Å². The number of rotatable bonds is 2. The lowest BCUT2D eigenvalue weighted by Gasteiger charge is -2.03. The number of benzene rings is 1. The highest BCUT2D eigenvalue weighted by Gasteiger charge is 2.04. The average molecular weight is 216 g/mol. The second-order valence-corrected chi connectivity index (χ2v) is 3.29. The van der Waals surface area contributed by atoms with Crippen molar-refractivity contribution < 1.29 is 4.74 Å². The molecule has 0 aliphatic heterocycles. The monoisotopic (exact) mass is 216 g/mol. The van der Waals surface area contributed by atoms with E-state index >= 15 is 0 Å². The fourth-order valence-corrected chi connectivity index (χ4v) is 1.37. The summed E-state index contributed by atoms with van der Waals surface area (Å²) in [5.41, 5.74) is 6.45. The fraction of sp³-hybridized carbons (Fsp3) is 0.182. The summed E-state index contributed by atoms with van der Waals surface area (Å²) >= 11 is 0. The molecule has 0 unspecified atom stereocenters. The number of ether oxygens (including phenoxy) is 1. The Balaban J connectivity index is 2.42. The van der Waals surface area contributed by atoms with E-state index in [-0.39, 0.29) is 5.95 Å². The smallest absolute Gasteiger partial charge is 0.223 e. The van der Waals surface area contributed by atoms with Gasteiger partial charge in [-0.1, -0.05) is 0 Å². The minimum atomic E-state index is 0.235. The summed E-state index contributed by atoms with van der Waals surface area (Å²) in [5, 5.41) is 0. The fourth-order valence-electron chi connectivity index (χ4n) is 1.37. The molecule has 2 rings (SSSR count). The lowest BCUT2D eigenvalue weighted by atomic mass is 10.2. The molecule has 0 aliphatic carbocycles. The summed E-state index contributed by atoms with van der Waals surface area (Å²) in [4.78, 5) is 12.2. The van der Waals surface area contributed by atoms with Gasteiger partial charge in [-0.2, -0.15) is 9.97 Å². The Kier molecular flexibility index (Phi) is 2.68. The van der Waals surface area contributed by atoms with Crippen LogP contribution in [0.1, 0.15) is 5.82 Å². The van der Waals surface area contributed by atoms with E-state index in [1.165, 1.54) is 0 Å². The molecule has 0 bridgehead atoms. The van der Waals surface area contributed by atoms with Gasteiger partial charge in [0, 0.05) is 5.56 Å². The molecular formula is C11H12N4O. The third-order valence-electron chi connectivity index (χ3n) is 2.11. The Hall–Kier alpha value is -2.17. The molecule has 1 aromatic heterocycles. The number of hydrogen-bond donors (Lipinski definition) is 1. The molecule has 0 radical (unpaired) electrons. The standard InChI is InChI=1S/C11H12N4O/c1-7-13-10(15-11(12)14-7)8-3-5-9(16-2)6-4-8/h3-6H,1-2H3,(H2,12,13,14,15). The maximum Gasteiger partial charge on any atom is 0.223 e. The molecule has 5 heteroatoms. The van der Waals surface area contributed by atoms with Gasteiger partial charge in [0.1, 0.15) is 11.6 Å². The van der Waals surface area contributed by atoms with Crippen molar-refractivity contribution in [2.75, 3.05) is 12.8 Å². The van der Waals surface area contributed by atoms with Gasteiger partial charge in [0.05, 0.1) is 7.11 Å². The predicted molar refractivity (Wildman–Crippen MR) is 61.0 cm³/mol. The van der Waals surface area contributed by atoms with Crippen LogP contribution < -0.4 is 10.5 Å². The Morgan fingerprint density at radius 2 is 1.75 bits per heavy atom. The van der Waals surface area contributed by atoms with E-state index in [2.05, 4.69) is 15.0 Å². The normalized spacial score (nSPS) is 10.1. The van der Waals surface area contributed by atoms with Gasteiger partial charge >= 0.3 is 0 Å². The van der Waals surface area contributed by atoms with Gasteiger partial charge in [0.15, 0.2) is 5.82 Å². The molecule has 0 saturated heterocycles. The lowest BCUT2D eigenvalue weighted by Crippen LogP contribution is -2.01. The van der Waals surface area contributed by atoms with E-state index in [4.69, 9.17) is 10.5 Å². The summed E-state index contributed by atoms with van der Waals surface area (Å²) in [6.07, 6.45) is 0. The van der Waals surface area contributed by atoms with E-state index in [0.29, 0.717) is 11.6 Å². The maximum atomic E-state index is 5.57. The third kappa shape index (κ3) is 2.08. The molecule has 0 fully saturated rings. The van der Waals surface area contributed by atoms with Crippen LogP contribution in [0, 0.1) is 6.92 Å². The van der Waals surface area contributed by atoms with E-state index in [1.54, 1.807) is 14.0 Å². The first kappa shape index (κ1) is 10.4. The molecule has 0 amide bonds. The van der Waals surface area contributed by atoms with Crippen LogP contribution in [0.3, 0.4) is 0 Å². The minimum absolute atomic E-state index is 0.235. The average Bonchev–Trinajstić information content (AvgIpc) is 2.28. The molecule has 0 atom stereocenters. The zero-order chi connectivity index (χ0) is 11.5. The number of aryl methyl sites for hydroxylation is 1. The summed E-state index contributed by atoms with van der Waals surface area (Å²) in [6, 6.07) is 7.47. The van der Waals surface area contributed by atoms with Crippen LogP contribution >= 0.6 is 0 Å². The molecule has 0 spiro atoms. The van der Waals surface area contributed by atoms with Gasteiger partial charge in [-0.15, -0.1) is 0 Å². The first-order valence-corrected chi connectivity index (χ1v) is 4.81. The first-order chi connectivity index (χ1) is 7.69. The molecule has 0 aliphatic rings. The highest BCUT2D eigenvalue weighted by atomic mass is 16.5. The molecule has 0 saturated carbocycles. The van der Waals surface area contributed by atoms with E-state index in [1.807, 2.05) is 24.3 Å². The van der Waals surface area contributed by atoms with E-state index < -0.39 is 0 Å². The molecule has 1 heterocycles. The molecule has 82 valence electrons. The van der Waals surface area contributed by atoms with Gasteiger partial charge in [-0.25, -0.2) is 4.98 Å². The van der Waals surface area contributed by atoms with Crippen LogP contribution in [-0.2, 0) is 0 Å². The van der Waals surface area contributed by atoms with Crippen LogP contribution in [0.2, 0.25) is 0 Å². The van der Waals surface area contributed by atoms with Crippen LogP contribution in [0.15, 0.2) is 24.3 Å². The predicted octanol–water partition coefficient (Wildman–Crippen LogP) is 1.44. The molecule has 16 heavy (non-hydrogen) atoms. The van der Waals surface area contributed by atoms with Gasteiger partial charge in [0.25, 0.3) is 0 Å². The van der Waals surface area contributed by atoms with Crippen LogP contribution in [0.25, 0.3) is 11.4 Å². The van der Waals surface area contributed by atoms with E-state index in [0.717, 1.165) is 11.3 Å². The van der Waals surface area contributed by atoms with Gasteiger partial charge in [0.2, 0.25) is 5.95 Å². The quantitative estimate of drug-likeness (QED) is 0.822. The molecule has 2 aromatic rings. The maximum absolute atomic E-state index is 5.57. The number of methoxy groups -OCH3 is 1. The third-order valence-corrected chi connectivity index (χ3v) is 2.11. The highest BCUT2D eigenvalue weighted by Crippen LogP contribution is 2.19. The second kappa shape index (κ2) is 4.14. The SMILES string of the molecule is COc1ccc(-c2nc(C)nc(N)n2)cc1. The van der Waals surface area contributed by atoms with Crippen molar-refractivity contribution in [2.45, 2.75) is 6.92 Å². The Morgan fingerprint density at radius 1 is 1.06 bits per heavy atom. The number of hydrogen-bond acceptors (Lipinski definition) is 5. The molecule has 5 nitrogen and oxygen atoms in total. The van der Waals surface area contributed by atoms with Gasteiger partial charge < -0.3 is 10.5 Å². The van der Waals surface area contributed by atoms with Crippen molar-refractivity contribution in [3.8, 4) is 17.1 Å². The van der Waals surface area contributed by atoms with Crippen molar-refractivity contribution >= 4 is 5.95 Å². The summed E-state index contributed by atoms with van der Waals surface area (Å²) < 4.78 is 5.07. The van der Waals surface area contributed by atoms with Crippen LogP contribution in [0.5, 0.6) is 5.75 Å². The Labute approximate surface area is 93.3 Å². The van der Waals surface area contributed by atoms with Crippen molar-refractivity contribution in [3.05, 3.63) is 30.1 Å². The number of nitrogen functional groups attached to an aromatic ring is 1. The zero-order valence-electron chi connectivity index (χ0n) is 9.14. The lowest BCUT2D eigenvalue weighted by molar-refractivity contribution is 0.415. The van der Waals surface area contributed by atoms with Gasteiger partial charge in [-0.05, 0) is 31.2 Å². The number of anilines is 1. The molecule has 2 N–H and O–H groups in total. The van der Waals surface area contributed by atoms with E-state index in [9.17, 15) is 0 Å². The Morgan fingerprint density at radius 3 is 2.31 bits per heavy atom. The number of nitrogens with two attached hydrogens (primary N) is 1. The van der Waals surface area contributed by atoms with Crippen molar-refractivity contribution in [3.63, 3.8) is 0 Å². The highest BCUT2D eigenvalue weighted by molar-refractivity contribution is 5.57. The number of aromatic nitrogens is 3. The van der Waals surface area contributed by atoms with Crippen molar-refractivity contribution in [1.29, 1.82) is 0 Å². The second-order valence-electron chi connectivity index (χ2n) is 3.29. The largest absolute Gasteiger partial charge is 0.497 e. The van der Waals surface area contributed by atoms with Crippen LogP contribution in [0.4, 0.5) is 5.95 Å². The summed E-state index contributed by atoms with van der Waals surface area (Å²) in [6.45, 7) is 1.78. The molecular weight excluding hydrogens is 204 g/mol. The summed E-state index contributed by atoms with van der Waals surface area (Å²) in [5.74, 6) is 2.21. The van der Waals surface area contributed by atoms with Gasteiger partial charge in [-0.3, -0.25) is 0 Å². The van der Waals surface area contributed by atoms with Crippen LogP contribution in [-0.4, -0.2) is 22.1 Å². The Bertz CT molecular complexity index is 476. The minimum Gasteiger partial charge on any atom is -0.497 e. The summed E-state index contributed by atoms with van der Waals surface area (Å²) in [7, 11) is 1.63.